The van der Waals surface area contributed by atoms with E-state index in [1.807, 2.05) is 0 Å². The minimum absolute atomic E-state index is 0.481. The summed E-state index contributed by atoms with van der Waals surface area (Å²) in [5.41, 5.74) is 0. The van der Waals surface area contributed by atoms with Crippen LogP contribution in [0.5, 0.6) is 0 Å². The Hall–Kier alpha value is 0.310. The van der Waals surface area contributed by atoms with Crippen molar-refractivity contribution in [3.63, 3.8) is 0 Å². The van der Waals surface area contributed by atoms with Gasteiger partial charge in [0.2, 0.25) is 0 Å². The molecule has 0 aromatic heterocycles. The highest BCUT2D eigenvalue weighted by atomic mass is 31.2. The van der Waals surface area contributed by atoms with Gasteiger partial charge in [-0.15, -0.1) is 0 Å². The Morgan fingerprint density at radius 3 is 2.44 bits per heavy atom. The van der Waals surface area contributed by atoms with Crippen LogP contribution in [0.25, 0.3) is 0 Å². The van der Waals surface area contributed by atoms with Crippen LogP contribution in [-0.2, 0) is 0 Å². The lowest BCUT2D eigenvalue weighted by Gasteiger charge is -2.02. The Kier molecular flexibility index (Phi) is 6.65. The monoisotopic (exact) mass is 151 g/mol. The van der Waals surface area contributed by atoms with Crippen molar-refractivity contribution in [3.8, 4) is 0 Å². The highest BCUT2D eigenvalue weighted by molar-refractivity contribution is 7.45. The molecular formula is C5H14NO2P. The lowest BCUT2D eigenvalue weighted by molar-refractivity contribution is 0.480. The van der Waals surface area contributed by atoms with Crippen molar-refractivity contribution in [2.45, 2.75) is 13.3 Å². The van der Waals surface area contributed by atoms with Crippen LogP contribution in [0, 0.1) is 0 Å². The molecule has 0 heterocycles. The molecule has 0 aliphatic heterocycles. The van der Waals surface area contributed by atoms with Gasteiger partial charge < -0.3 is 15.1 Å². The second-order valence-corrected chi connectivity index (χ2v) is 3.04. The van der Waals surface area contributed by atoms with Crippen molar-refractivity contribution in [3.05, 3.63) is 0 Å². The number of rotatable bonds is 5. The Morgan fingerprint density at radius 1 is 1.33 bits per heavy atom. The van der Waals surface area contributed by atoms with Crippen molar-refractivity contribution in [1.82, 2.24) is 5.32 Å². The summed E-state index contributed by atoms with van der Waals surface area (Å²) >= 11 is 0. The fourth-order valence-electron chi connectivity index (χ4n) is 0.481. The molecule has 0 radical (unpaired) electrons. The summed E-state index contributed by atoms with van der Waals surface area (Å²) in [5, 5.41) is 3.06. The van der Waals surface area contributed by atoms with Gasteiger partial charge >= 0.3 is 0 Å². The zero-order valence-electron chi connectivity index (χ0n) is 5.67. The third-order valence-corrected chi connectivity index (χ3v) is 1.54. The van der Waals surface area contributed by atoms with E-state index in [0.29, 0.717) is 12.7 Å². The van der Waals surface area contributed by atoms with Gasteiger partial charge in [0.15, 0.2) is 8.38 Å². The van der Waals surface area contributed by atoms with Gasteiger partial charge in [-0.25, -0.2) is 0 Å². The lowest BCUT2D eigenvalue weighted by atomic mass is 10.5. The van der Waals surface area contributed by atoms with Gasteiger partial charge in [0.1, 0.15) is 0 Å². The Morgan fingerprint density at radius 2 is 2.00 bits per heavy atom. The normalized spacial score (nSPS) is 10.7. The van der Waals surface area contributed by atoms with Gasteiger partial charge in [0.25, 0.3) is 0 Å². The van der Waals surface area contributed by atoms with Crippen molar-refractivity contribution in [1.29, 1.82) is 0 Å². The maximum Gasteiger partial charge on any atom is 0.166 e. The summed E-state index contributed by atoms with van der Waals surface area (Å²) in [4.78, 5) is 16.9. The Balaban J connectivity index is 2.75. The molecule has 9 heavy (non-hydrogen) atoms. The van der Waals surface area contributed by atoms with Gasteiger partial charge in [-0.05, 0) is 13.0 Å². The molecule has 0 fully saturated rings. The first-order valence-electron chi connectivity index (χ1n) is 3.13. The van der Waals surface area contributed by atoms with Crippen LogP contribution in [0.4, 0.5) is 0 Å². The van der Waals surface area contributed by atoms with Crippen LogP contribution >= 0.6 is 8.38 Å². The SMILES string of the molecule is CCCNCCP(O)O. The average molecular weight is 151 g/mol. The molecule has 3 nitrogen and oxygen atoms in total. The Labute approximate surface area is 57.0 Å². The van der Waals surface area contributed by atoms with Crippen molar-refractivity contribution in [2.24, 2.45) is 0 Å². The fraction of sp³-hybridized carbons (Fsp3) is 1.00. The van der Waals surface area contributed by atoms with Crippen molar-refractivity contribution >= 4 is 8.38 Å². The van der Waals surface area contributed by atoms with E-state index in [4.69, 9.17) is 9.79 Å². The van der Waals surface area contributed by atoms with Gasteiger partial charge in [-0.1, -0.05) is 6.92 Å². The van der Waals surface area contributed by atoms with Crippen molar-refractivity contribution < 1.29 is 9.79 Å². The summed E-state index contributed by atoms with van der Waals surface area (Å²) in [6.45, 7) is 3.75. The molecule has 3 N–H and O–H groups in total. The topological polar surface area (TPSA) is 52.5 Å². The minimum atomic E-state index is -1.68. The summed E-state index contributed by atoms with van der Waals surface area (Å²) in [6.07, 6.45) is 1.57. The highest BCUT2D eigenvalue weighted by Crippen LogP contribution is 2.20. The van der Waals surface area contributed by atoms with Gasteiger partial charge in [0.05, 0.1) is 0 Å². The minimum Gasteiger partial charge on any atom is -0.350 e. The van der Waals surface area contributed by atoms with E-state index in [2.05, 4.69) is 12.2 Å². The molecule has 0 rings (SSSR count). The van der Waals surface area contributed by atoms with E-state index < -0.39 is 8.38 Å². The summed E-state index contributed by atoms with van der Waals surface area (Å²) in [5.74, 6) is 0. The van der Waals surface area contributed by atoms with E-state index in [1.165, 1.54) is 0 Å². The highest BCUT2D eigenvalue weighted by Gasteiger charge is 1.94. The van der Waals surface area contributed by atoms with E-state index in [-0.39, 0.29) is 0 Å². The summed E-state index contributed by atoms with van der Waals surface area (Å²) < 4.78 is 0. The molecule has 0 saturated carbocycles. The predicted octanol–water partition coefficient (Wildman–Crippen LogP) is 0.282. The van der Waals surface area contributed by atoms with Gasteiger partial charge in [0, 0.05) is 12.7 Å². The van der Waals surface area contributed by atoms with Crippen molar-refractivity contribution in [2.75, 3.05) is 19.3 Å². The zero-order chi connectivity index (χ0) is 7.11. The van der Waals surface area contributed by atoms with Gasteiger partial charge in [-0.3, -0.25) is 0 Å². The zero-order valence-corrected chi connectivity index (χ0v) is 6.56. The van der Waals surface area contributed by atoms with E-state index in [1.54, 1.807) is 0 Å². The molecule has 0 spiro atoms. The maximum absolute atomic E-state index is 8.43. The summed E-state index contributed by atoms with van der Waals surface area (Å²) in [6, 6.07) is 0. The first kappa shape index (κ1) is 9.31. The van der Waals surface area contributed by atoms with Gasteiger partial charge in [-0.2, -0.15) is 0 Å². The molecule has 0 bridgehead atoms. The first-order valence-corrected chi connectivity index (χ1v) is 4.56. The largest absolute Gasteiger partial charge is 0.350 e. The first-order chi connectivity index (χ1) is 4.27. The predicted molar refractivity (Wildman–Crippen MR) is 39.4 cm³/mol. The number of hydrogen-bond acceptors (Lipinski definition) is 3. The van der Waals surface area contributed by atoms with Crippen LogP contribution in [0.2, 0.25) is 0 Å². The molecule has 0 aromatic carbocycles. The average Bonchev–Trinajstić information content (AvgIpc) is 1.80. The number of nitrogens with one attached hydrogen (secondary N) is 1. The third kappa shape index (κ3) is 8.31. The molecule has 0 aliphatic rings. The van der Waals surface area contributed by atoms with Crippen LogP contribution in [0.1, 0.15) is 13.3 Å². The second-order valence-electron chi connectivity index (χ2n) is 1.85. The Bertz CT molecular complexity index is 60.9. The molecule has 4 heteroatoms. The molecule has 56 valence electrons. The second kappa shape index (κ2) is 6.43. The molecule has 0 unspecified atom stereocenters. The van der Waals surface area contributed by atoms with E-state index >= 15 is 0 Å². The standard InChI is InChI=1S/C5H14NO2P/c1-2-3-6-4-5-9(7)8/h6-8H,2-5H2,1H3. The summed E-state index contributed by atoms with van der Waals surface area (Å²) in [7, 11) is -1.68. The molecule has 0 amide bonds. The molecule has 0 aromatic rings. The number of hydrogen-bond donors (Lipinski definition) is 3. The quantitative estimate of drug-likeness (QED) is 0.391. The maximum atomic E-state index is 8.43. The third-order valence-electron chi connectivity index (χ3n) is 0.915. The van der Waals surface area contributed by atoms with Crippen LogP contribution in [0.3, 0.4) is 0 Å². The smallest absolute Gasteiger partial charge is 0.166 e. The van der Waals surface area contributed by atoms with E-state index in [0.717, 1.165) is 13.0 Å². The fourth-order valence-corrected chi connectivity index (χ4v) is 0.839. The molecular weight excluding hydrogens is 137 g/mol. The molecule has 0 atom stereocenters. The van der Waals surface area contributed by atoms with Crippen LogP contribution < -0.4 is 5.32 Å². The van der Waals surface area contributed by atoms with Crippen LogP contribution in [-0.4, -0.2) is 29.0 Å². The van der Waals surface area contributed by atoms with E-state index in [9.17, 15) is 0 Å². The van der Waals surface area contributed by atoms with Crippen LogP contribution in [0.15, 0.2) is 0 Å². The molecule has 0 aliphatic carbocycles. The lowest BCUT2D eigenvalue weighted by Crippen LogP contribution is -2.18. The molecule has 0 saturated heterocycles.